The Morgan fingerprint density at radius 3 is 2.65 bits per heavy atom. The first-order chi connectivity index (χ1) is 9.61. The molecule has 106 valence electrons. The highest BCUT2D eigenvalue weighted by atomic mass is 79.9. The van der Waals surface area contributed by atoms with Crippen LogP contribution in [0.5, 0.6) is 0 Å². The molecule has 0 saturated carbocycles. The molecule has 0 radical (unpaired) electrons. The molecule has 1 N–H and O–H groups in total. The summed E-state index contributed by atoms with van der Waals surface area (Å²) in [7, 11) is 0. The minimum Gasteiger partial charge on any atom is -0.310 e. The number of nitrogens with one attached hydrogen (secondary N) is 1. The zero-order chi connectivity index (χ0) is 14.5. The summed E-state index contributed by atoms with van der Waals surface area (Å²) in [6.07, 6.45) is 0.833. The number of aryl methyl sites for hydroxylation is 1. The molecule has 0 fully saturated rings. The van der Waals surface area contributed by atoms with Gasteiger partial charge in [0.2, 0.25) is 0 Å². The zero-order valence-electron chi connectivity index (χ0n) is 11.8. The zero-order valence-corrected chi connectivity index (χ0v) is 13.4. The van der Waals surface area contributed by atoms with Crippen LogP contribution in [0.1, 0.15) is 29.7 Å². The largest absolute Gasteiger partial charge is 0.310 e. The van der Waals surface area contributed by atoms with Gasteiger partial charge in [0.05, 0.1) is 0 Å². The van der Waals surface area contributed by atoms with Crippen LogP contribution in [0.4, 0.5) is 4.39 Å². The second kappa shape index (κ2) is 7.00. The fourth-order valence-electron chi connectivity index (χ4n) is 2.41. The highest BCUT2D eigenvalue weighted by Crippen LogP contribution is 2.26. The molecule has 2 rings (SSSR count). The molecule has 20 heavy (non-hydrogen) atoms. The van der Waals surface area contributed by atoms with Crippen molar-refractivity contribution in [1.29, 1.82) is 0 Å². The summed E-state index contributed by atoms with van der Waals surface area (Å²) in [5.41, 5.74) is 3.37. The summed E-state index contributed by atoms with van der Waals surface area (Å²) < 4.78 is 14.6. The van der Waals surface area contributed by atoms with Crippen LogP contribution in [-0.2, 0) is 6.42 Å². The Hall–Kier alpha value is -1.19. The highest BCUT2D eigenvalue weighted by Gasteiger charge is 2.15. The van der Waals surface area contributed by atoms with Crippen LogP contribution in [0.3, 0.4) is 0 Å². The molecule has 3 heteroatoms. The van der Waals surface area contributed by atoms with Gasteiger partial charge in [-0.05, 0) is 54.8 Å². The van der Waals surface area contributed by atoms with Crippen LogP contribution >= 0.6 is 15.9 Å². The van der Waals surface area contributed by atoms with Crippen molar-refractivity contribution in [2.45, 2.75) is 26.3 Å². The Kier molecular flexibility index (Phi) is 5.32. The molecule has 0 aliphatic heterocycles. The average molecular weight is 336 g/mol. The minimum atomic E-state index is -0.180. The van der Waals surface area contributed by atoms with Crippen molar-refractivity contribution < 1.29 is 4.39 Å². The average Bonchev–Trinajstić information content (AvgIpc) is 2.43. The van der Waals surface area contributed by atoms with E-state index >= 15 is 0 Å². The van der Waals surface area contributed by atoms with Crippen molar-refractivity contribution in [2.24, 2.45) is 0 Å². The Bertz CT molecular complexity index is 583. The molecule has 0 spiro atoms. The number of likely N-dealkylation sites (N-methyl/N-ethyl adjacent to an activating group) is 1. The first-order valence-corrected chi connectivity index (χ1v) is 7.64. The molecule has 1 unspecified atom stereocenters. The molecule has 0 saturated heterocycles. The summed E-state index contributed by atoms with van der Waals surface area (Å²) in [5.74, 6) is -0.180. The summed E-state index contributed by atoms with van der Waals surface area (Å²) in [5, 5.41) is 3.46. The molecular weight excluding hydrogens is 317 g/mol. The van der Waals surface area contributed by atoms with Crippen LogP contribution in [0.15, 0.2) is 46.9 Å². The van der Waals surface area contributed by atoms with Crippen LogP contribution in [0, 0.1) is 12.7 Å². The predicted octanol–water partition coefficient (Wildman–Crippen LogP) is 4.79. The summed E-state index contributed by atoms with van der Waals surface area (Å²) in [6, 6.07) is 13.3. The highest BCUT2D eigenvalue weighted by molar-refractivity contribution is 9.10. The minimum absolute atomic E-state index is 0.120. The smallest absolute Gasteiger partial charge is 0.123 e. The van der Waals surface area contributed by atoms with E-state index < -0.39 is 0 Å². The molecular formula is C17H19BrFN. The van der Waals surface area contributed by atoms with E-state index in [9.17, 15) is 4.39 Å². The van der Waals surface area contributed by atoms with E-state index in [4.69, 9.17) is 0 Å². The van der Waals surface area contributed by atoms with Gasteiger partial charge in [-0.1, -0.05) is 47.1 Å². The molecule has 0 aliphatic carbocycles. The molecule has 0 amide bonds. The molecule has 0 bridgehead atoms. The van der Waals surface area contributed by atoms with E-state index in [1.54, 1.807) is 6.07 Å². The Labute approximate surface area is 128 Å². The lowest BCUT2D eigenvalue weighted by Gasteiger charge is -2.21. The third kappa shape index (κ3) is 3.68. The topological polar surface area (TPSA) is 12.0 Å². The maximum atomic E-state index is 13.5. The van der Waals surface area contributed by atoms with Crippen molar-refractivity contribution >= 4 is 15.9 Å². The van der Waals surface area contributed by atoms with E-state index in [0.717, 1.165) is 28.6 Å². The van der Waals surface area contributed by atoms with Gasteiger partial charge in [0.15, 0.2) is 0 Å². The molecule has 0 heterocycles. The molecule has 2 aromatic carbocycles. The Morgan fingerprint density at radius 2 is 1.95 bits per heavy atom. The van der Waals surface area contributed by atoms with Crippen molar-refractivity contribution in [1.82, 2.24) is 5.32 Å². The molecule has 0 aromatic heterocycles. The second-order valence-electron chi connectivity index (χ2n) is 4.91. The third-order valence-electron chi connectivity index (χ3n) is 3.45. The van der Waals surface area contributed by atoms with Crippen molar-refractivity contribution in [3.05, 3.63) is 69.4 Å². The van der Waals surface area contributed by atoms with Gasteiger partial charge in [-0.2, -0.15) is 0 Å². The molecule has 2 aromatic rings. The van der Waals surface area contributed by atoms with Crippen LogP contribution in [-0.4, -0.2) is 6.54 Å². The van der Waals surface area contributed by atoms with Crippen LogP contribution in [0.25, 0.3) is 0 Å². The number of benzene rings is 2. The predicted molar refractivity (Wildman–Crippen MR) is 85.4 cm³/mol. The molecule has 1 atom stereocenters. The van der Waals surface area contributed by atoms with Crippen molar-refractivity contribution in [3.8, 4) is 0 Å². The lowest BCUT2D eigenvalue weighted by Crippen LogP contribution is -2.24. The van der Waals surface area contributed by atoms with E-state index in [2.05, 4.69) is 34.2 Å². The Balaban J connectivity index is 2.32. The quantitative estimate of drug-likeness (QED) is 0.828. The summed E-state index contributed by atoms with van der Waals surface area (Å²) in [6.45, 7) is 4.95. The fourth-order valence-corrected chi connectivity index (χ4v) is 2.86. The standard InChI is InChI=1S/C17H19BrFN/c1-3-20-17(10-13-6-4-5-7-16(13)18)15-11-14(19)9-8-12(15)2/h4-9,11,17,20H,3,10H2,1-2H3. The summed E-state index contributed by atoms with van der Waals surface area (Å²) >= 11 is 3.58. The van der Waals surface area contributed by atoms with Gasteiger partial charge in [-0.25, -0.2) is 4.39 Å². The number of rotatable bonds is 5. The van der Waals surface area contributed by atoms with Crippen molar-refractivity contribution in [3.63, 3.8) is 0 Å². The van der Waals surface area contributed by atoms with Gasteiger partial charge in [-0.3, -0.25) is 0 Å². The normalized spacial score (nSPS) is 12.4. The SMILES string of the molecule is CCNC(Cc1ccccc1Br)c1cc(F)ccc1C. The van der Waals surface area contributed by atoms with Gasteiger partial charge >= 0.3 is 0 Å². The van der Waals surface area contributed by atoms with Crippen molar-refractivity contribution in [2.75, 3.05) is 6.54 Å². The molecule has 0 aliphatic rings. The maximum absolute atomic E-state index is 13.5. The van der Waals surface area contributed by atoms with Gasteiger partial charge in [0.1, 0.15) is 5.82 Å². The van der Waals surface area contributed by atoms with E-state index in [1.165, 1.54) is 11.6 Å². The van der Waals surface area contributed by atoms with E-state index in [1.807, 2.05) is 31.2 Å². The number of hydrogen-bond acceptors (Lipinski definition) is 1. The number of halogens is 2. The number of hydrogen-bond donors (Lipinski definition) is 1. The van der Waals surface area contributed by atoms with Gasteiger partial charge in [0.25, 0.3) is 0 Å². The third-order valence-corrected chi connectivity index (χ3v) is 4.22. The lowest BCUT2D eigenvalue weighted by molar-refractivity contribution is 0.539. The molecule has 1 nitrogen and oxygen atoms in total. The van der Waals surface area contributed by atoms with E-state index in [-0.39, 0.29) is 11.9 Å². The van der Waals surface area contributed by atoms with Gasteiger partial charge < -0.3 is 5.32 Å². The fraction of sp³-hybridized carbons (Fsp3) is 0.294. The van der Waals surface area contributed by atoms with Crippen LogP contribution in [0.2, 0.25) is 0 Å². The van der Waals surface area contributed by atoms with E-state index in [0.29, 0.717) is 0 Å². The monoisotopic (exact) mass is 335 g/mol. The Morgan fingerprint density at radius 1 is 1.20 bits per heavy atom. The van der Waals surface area contributed by atoms with Crippen LogP contribution < -0.4 is 5.32 Å². The van der Waals surface area contributed by atoms with Gasteiger partial charge in [-0.15, -0.1) is 0 Å². The first kappa shape index (κ1) is 15.2. The first-order valence-electron chi connectivity index (χ1n) is 6.84. The lowest BCUT2D eigenvalue weighted by atomic mass is 9.95. The maximum Gasteiger partial charge on any atom is 0.123 e. The second-order valence-corrected chi connectivity index (χ2v) is 5.76. The van der Waals surface area contributed by atoms with Gasteiger partial charge in [0, 0.05) is 10.5 Å². The summed E-state index contributed by atoms with van der Waals surface area (Å²) in [4.78, 5) is 0.